The average Bonchev–Trinajstić information content (AvgIpc) is 3.10. The monoisotopic (exact) mass is 392 g/mol. The molecular weight excluding hydrogens is 368 g/mol. The van der Waals surface area contributed by atoms with Gasteiger partial charge in [-0.15, -0.1) is 11.3 Å². The summed E-state index contributed by atoms with van der Waals surface area (Å²) in [5, 5.41) is 10.0. The molecule has 3 heterocycles. The maximum absolute atomic E-state index is 12.9. The van der Waals surface area contributed by atoms with Crippen molar-refractivity contribution < 1.29 is 4.79 Å². The molecule has 5 rings (SSSR count). The molecule has 6 heteroatoms. The number of thiophene rings is 1. The third-order valence-electron chi connectivity index (χ3n) is 5.57. The summed E-state index contributed by atoms with van der Waals surface area (Å²) in [5.74, 6) is 1.34. The van der Waals surface area contributed by atoms with E-state index in [0.717, 1.165) is 36.6 Å². The predicted octanol–water partition coefficient (Wildman–Crippen LogP) is 4.59. The van der Waals surface area contributed by atoms with Gasteiger partial charge >= 0.3 is 0 Å². The van der Waals surface area contributed by atoms with Crippen molar-refractivity contribution in [3.63, 3.8) is 0 Å². The lowest BCUT2D eigenvalue weighted by atomic mass is 10.2. The fourth-order valence-corrected chi connectivity index (χ4v) is 4.91. The number of carbonyl (C=O) groups excluding carboxylic acids is 1. The molecular formula is C22H24N4OS. The van der Waals surface area contributed by atoms with Gasteiger partial charge in [0.05, 0.1) is 17.9 Å². The van der Waals surface area contributed by atoms with Crippen LogP contribution in [0.3, 0.4) is 0 Å². The van der Waals surface area contributed by atoms with E-state index >= 15 is 0 Å². The van der Waals surface area contributed by atoms with E-state index in [-0.39, 0.29) is 5.91 Å². The van der Waals surface area contributed by atoms with Crippen molar-refractivity contribution in [2.75, 3.05) is 18.4 Å². The van der Waals surface area contributed by atoms with E-state index in [1.807, 2.05) is 41.1 Å². The second-order valence-electron chi connectivity index (χ2n) is 7.67. The van der Waals surface area contributed by atoms with E-state index < -0.39 is 0 Å². The third kappa shape index (κ3) is 3.62. The van der Waals surface area contributed by atoms with E-state index in [1.165, 1.54) is 17.7 Å². The van der Waals surface area contributed by atoms with Crippen LogP contribution in [0.15, 0.2) is 53.9 Å². The van der Waals surface area contributed by atoms with E-state index in [1.54, 1.807) is 11.3 Å². The van der Waals surface area contributed by atoms with Crippen molar-refractivity contribution >= 4 is 23.1 Å². The largest absolute Gasteiger partial charge is 0.309 e. The molecule has 1 N–H and O–H groups in total. The Labute approximate surface area is 169 Å². The van der Waals surface area contributed by atoms with Crippen LogP contribution in [-0.2, 0) is 4.79 Å². The SMILES string of the molecule is O=C(CN1CCCC1c1cccs1)Nc1cc(C2CC2)nn1-c1ccccc1. The molecule has 5 nitrogen and oxygen atoms in total. The zero-order valence-corrected chi connectivity index (χ0v) is 16.6. The number of anilines is 1. The van der Waals surface area contributed by atoms with Crippen LogP contribution in [0.25, 0.3) is 5.69 Å². The number of carbonyl (C=O) groups is 1. The van der Waals surface area contributed by atoms with E-state index in [4.69, 9.17) is 5.10 Å². The van der Waals surface area contributed by atoms with Gasteiger partial charge in [0.15, 0.2) is 0 Å². The van der Waals surface area contributed by atoms with E-state index in [2.05, 4.69) is 27.7 Å². The molecule has 144 valence electrons. The van der Waals surface area contributed by atoms with Crippen LogP contribution in [0.5, 0.6) is 0 Å². The van der Waals surface area contributed by atoms with Gasteiger partial charge in [0.25, 0.3) is 0 Å². The summed E-state index contributed by atoms with van der Waals surface area (Å²) in [6.45, 7) is 1.39. The lowest BCUT2D eigenvalue weighted by molar-refractivity contribution is -0.117. The Morgan fingerprint density at radius 2 is 2.00 bits per heavy atom. The van der Waals surface area contributed by atoms with Gasteiger partial charge in [-0.1, -0.05) is 24.3 Å². The van der Waals surface area contributed by atoms with Gasteiger partial charge < -0.3 is 5.32 Å². The highest BCUT2D eigenvalue weighted by Gasteiger charge is 2.30. The number of rotatable bonds is 6. The molecule has 0 radical (unpaired) electrons. The molecule has 0 bridgehead atoms. The molecule has 2 aliphatic rings. The van der Waals surface area contributed by atoms with Crippen LogP contribution in [-0.4, -0.2) is 33.7 Å². The van der Waals surface area contributed by atoms with Gasteiger partial charge in [-0.2, -0.15) is 5.10 Å². The summed E-state index contributed by atoms with van der Waals surface area (Å²) in [4.78, 5) is 16.5. The fraction of sp³-hybridized carbons (Fsp3) is 0.364. The minimum atomic E-state index is 0.0304. The fourth-order valence-electron chi connectivity index (χ4n) is 4.02. The number of para-hydroxylation sites is 1. The Bertz CT molecular complexity index is 946. The Morgan fingerprint density at radius 3 is 2.75 bits per heavy atom. The van der Waals surface area contributed by atoms with Crippen molar-refractivity contribution in [2.24, 2.45) is 0 Å². The van der Waals surface area contributed by atoms with Crippen LogP contribution < -0.4 is 5.32 Å². The van der Waals surface area contributed by atoms with Crippen molar-refractivity contribution in [1.29, 1.82) is 0 Å². The molecule has 1 aliphatic carbocycles. The zero-order valence-electron chi connectivity index (χ0n) is 15.8. The Morgan fingerprint density at radius 1 is 1.14 bits per heavy atom. The first-order chi connectivity index (χ1) is 13.8. The lowest BCUT2D eigenvalue weighted by Crippen LogP contribution is -2.33. The van der Waals surface area contributed by atoms with E-state index in [9.17, 15) is 4.79 Å². The number of amides is 1. The highest BCUT2D eigenvalue weighted by atomic mass is 32.1. The quantitative estimate of drug-likeness (QED) is 0.668. The van der Waals surface area contributed by atoms with Crippen LogP contribution in [0.2, 0.25) is 0 Å². The molecule has 0 spiro atoms. The van der Waals surface area contributed by atoms with Gasteiger partial charge in [-0.3, -0.25) is 9.69 Å². The summed E-state index contributed by atoms with van der Waals surface area (Å²) >= 11 is 1.78. The van der Waals surface area contributed by atoms with Crippen molar-refractivity contribution in [3.05, 3.63) is 64.5 Å². The van der Waals surface area contributed by atoms with Gasteiger partial charge in [-0.05, 0) is 55.8 Å². The van der Waals surface area contributed by atoms with Crippen LogP contribution in [0.4, 0.5) is 5.82 Å². The standard InChI is InChI=1S/C22H24N4OS/c27-22(15-25-12-4-8-19(25)20-9-5-13-28-20)23-21-14-18(16-10-11-16)24-26(21)17-6-2-1-3-7-17/h1-3,5-7,9,13-14,16,19H,4,8,10-12,15H2,(H,23,27). The topological polar surface area (TPSA) is 50.2 Å². The van der Waals surface area contributed by atoms with Crippen LogP contribution in [0.1, 0.15) is 48.2 Å². The van der Waals surface area contributed by atoms with Gasteiger partial charge in [0.2, 0.25) is 5.91 Å². The third-order valence-corrected chi connectivity index (χ3v) is 6.55. The van der Waals surface area contributed by atoms with Crippen LogP contribution >= 0.6 is 11.3 Å². The molecule has 3 aromatic rings. The summed E-state index contributed by atoms with van der Waals surface area (Å²) in [5.41, 5.74) is 2.05. The molecule has 1 aliphatic heterocycles. The first kappa shape index (κ1) is 17.6. The average molecular weight is 393 g/mol. The molecule has 1 aromatic carbocycles. The molecule has 1 saturated carbocycles. The molecule has 1 unspecified atom stereocenters. The van der Waals surface area contributed by atoms with Gasteiger partial charge in [-0.25, -0.2) is 4.68 Å². The predicted molar refractivity (Wildman–Crippen MR) is 112 cm³/mol. The van der Waals surface area contributed by atoms with Gasteiger partial charge in [0, 0.05) is 22.9 Å². The maximum atomic E-state index is 12.9. The first-order valence-corrected chi connectivity index (χ1v) is 10.9. The highest BCUT2D eigenvalue weighted by Crippen LogP contribution is 2.40. The van der Waals surface area contributed by atoms with Gasteiger partial charge in [0.1, 0.15) is 5.82 Å². The zero-order chi connectivity index (χ0) is 18.9. The molecule has 1 amide bonds. The molecule has 1 saturated heterocycles. The van der Waals surface area contributed by atoms with Crippen molar-refractivity contribution in [2.45, 2.75) is 37.6 Å². The lowest BCUT2D eigenvalue weighted by Gasteiger charge is -2.22. The van der Waals surface area contributed by atoms with E-state index in [0.29, 0.717) is 18.5 Å². The Hall–Kier alpha value is -2.44. The minimum Gasteiger partial charge on any atom is -0.309 e. The highest BCUT2D eigenvalue weighted by molar-refractivity contribution is 7.10. The number of hydrogen-bond donors (Lipinski definition) is 1. The number of nitrogens with zero attached hydrogens (tertiary/aromatic N) is 3. The second-order valence-corrected chi connectivity index (χ2v) is 8.65. The summed E-state index contributed by atoms with van der Waals surface area (Å²) < 4.78 is 1.87. The summed E-state index contributed by atoms with van der Waals surface area (Å²) in [6, 6.07) is 16.7. The maximum Gasteiger partial charge on any atom is 0.239 e. The Balaban J connectivity index is 1.33. The normalized spacial score (nSPS) is 19.8. The first-order valence-electron chi connectivity index (χ1n) is 10.0. The Kier molecular flexibility index (Phi) is 4.74. The number of nitrogens with one attached hydrogen (secondary N) is 1. The van der Waals surface area contributed by atoms with Crippen molar-refractivity contribution in [1.82, 2.24) is 14.7 Å². The van der Waals surface area contributed by atoms with Crippen molar-refractivity contribution in [3.8, 4) is 5.69 Å². The second kappa shape index (κ2) is 7.53. The summed E-state index contributed by atoms with van der Waals surface area (Å²) in [6.07, 6.45) is 4.65. The minimum absolute atomic E-state index is 0.0304. The number of hydrogen-bond acceptors (Lipinski definition) is 4. The van der Waals surface area contributed by atoms with Crippen LogP contribution in [0, 0.1) is 0 Å². The number of benzene rings is 1. The molecule has 2 fully saturated rings. The smallest absolute Gasteiger partial charge is 0.239 e. The number of aromatic nitrogens is 2. The molecule has 2 aromatic heterocycles. The molecule has 28 heavy (non-hydrogen) atoms. The summed E-state index contributed by atoms with van der Waals surface area (Å²) in [7, 11) is 0. The number of likely N-dealkylation sites (tertiary alicyclic amines) is 1. The molecule has 1 atom stereocenters.